The number of methoxy groups -OCH3 is 1. The summed E-state index contributed by atoms with van der Waals surface area (Å²) in [6, 6.07) is 3.63. The Bertz CT molecular complexity index is 496. The van der Waals surface area contributed by atoms with Crippen LogP contribution in [-0.4, -0.2) is 31.1 Å². The number of ether oxygens (including phenoxy) is 1. The summed E-state index contributed by atoms with van der Waals surface area (Å²) in [4.78, 5) is 14.0. The Morgan fingerprint density at radius 3 is 2.11 bits per heavy atom. The van der Waals surface area contributed by atoms with Crippen molar-refractivity contribution in [2.24, 2.45) is 0 Å². The van der Waals surface area contributed by atoms with Gasteiger partial charge in [0.15, 0.2) is 0 Å². The minimum Gasteiger partial charge on any atom is -0.465 e. The molecule has 1 aliphatic heterocycles. The third-order valence-corrected chi connectivity index (χ3v) is 3.31. The molecule has 0 radical (unpaired) electrons. The molecule has 0 bridgehead atoms. The van der Waals surface area contributed by atoms with Crippen molar-refractivity contribution in [1.82, 2.24) is 4.90 Å². The lowest BCUT2D eigenvalue weighted by Gasteiger charge is -2.21. The van der Waals surface area contributed by atoms with E-state index in [1.807, 2.05) is 19.1 Å². The second-order valence-corrected chi connectivity index (χ2v) is 4.37. The summed E-state index contributed by atoms with van der Waals surface area (Å²) in [6.45, 7) is 5.20. The molecule has 0 aromatic heterocycles. The Hall–Kier alpha value is -2.27. The molecule has 0 spiro atoms. The number of likely N-dealkylation sites (tertiary alicyclic amines) is 1. The van der Waals surface area contributed by atoms with E-state index < -0.39 is 5.97 Å². The lowest BCUT2D eigenvalue weighted by Crippen LogP contribution is -2.22. The predicted octanol–water partition coefficient (Wildman–Crippen LogP) is 1.89. The first-order valence-corrected chi connectivity index (χ1v) is 6.12. The van der Waals surface area contributed by atoms with Crippen molar-refractivity contribution in [2.75, 3.05) is 20.2 Å². The van der Waals surface area contributed by atoms with Gasteiger partial charge in [0.2, 0.25) is 0 Å². The van der Waals surface area contributed by atoms with Crippen LogP contribution >= 0.6 is 0 Å². The van der Waals surface area contributed by atoms with Gasteiger partial charge in [0.05, 0.1) is 12.7 Å². The number of carbonyl (C=O) groups is 1. The van der Waals surface area contributed by atoms with Crippen molar-refractivity contribution < 1.29 is 9.53 Å². The van der Waals surface area contributed by atoms with E-state index in [2.05, 4.69) is 4.90 Å². The van der Waals surface area contributed by atoms with E-state index in [0.717, 1.165) is 31.6 Å². The first-order chi connectivity index (χ1) is 9.06. The van der Waals surface area contributed by atoms with Gasteiger partial charge in [0.1, 0.15) is 17.7 Å². The van der Waals surface area contributed by atoms with Crippen LogP contribution in [0.3, 0.4) is 0 Å². The van der Waals surface area contributed by atoms with Crippen molar-refractivity contribution in [3.63, 3.8) is 0 Å². The molecule has 0 aliphatic carbocycles. The molecule has 1 aliphatic rings. The Balaban J connectivity index is 3.35. The number of nitriles is 2. The van der Waals surface area contributed by atoms with E-state index in [1.54, 1.807) is 6.92 Å². The van der Waals surface area contributed by atoms with Crippen LogP contribution in [-0.2, 0) is 9.53 Å². The Morgan fingerprint density at radius 1 is 1.16 bits per heavy atom. The minimum absolute atomic E-state index is 0.0565. The summed E-state index contributed by atoms with van der Waals surface area (Å²) in [6.07, 6.45) is 2.16. The van der Waals surface area contributed by atoms with E-state index in [1.165, 1.54) is 7.11 Å². The molecule has 0 aromatic carbocycles. The Labute approximate surface area is 113 Å². The molecule has 0 N–H and O–H groups in total. The van der Waals surface area contributed by atoms with Gasteiger partial charge in [-0.3, -0.25) is 0 Å². The van der Waals surface area contributed by atoms with E-state index in [-0.39, 0.29) is 5.57 Å². The maximum absolute atomic E-state index is 11.9. The summed E-state index contributed by atoms with van der Waals surface area (Å²) < 4.78 is 4.78. The van der Waals surface area contributed by atoms with E-state index >= 15 is 0 Å². The van der Waals surface area contributed by atoms with Crippen molar-refractivity contribution in [1.29, 1.82) is 10.5 Å². The minimum atomic E-state index is -0.509. The molecule has 5 heteroatoms. The Kier molecular flexibility index (Phi) is 5.14. The van der Waals surface area contributed by atoms with E-state index in [0.29, 0.717) is 11.1 Å². The molecule has 0 atom stereocenters. The van der Waals surface area contributed by atoms with Crippen LogP contribution in [0.25, 0.3) is 0 Å². The normalized spacial score (nSPS) is 15.1. The fourth-order valence-electron chi connectivity index (χ4n) is 2.20. The van der Waals surface area contributed by atoms with Crippen LogP contribution in [0.15, 0.2) is 22.4 Å². The molecular weight excluding hydrogens is 242 g/mol. The lowest BCUT2D eigenvalue weighted by molar-refractivity contribution is -0.135. The lowest BCUT2D eigenvalue weighted by atomic mass is 10.0. The van der Waals surface area contributed by atoms with E-state index in [9.17, 15) is 4.79 Å². The van der Waals surface area contributed by atoms with Gasteiger partial charge >= 0.3 is 5.97 Å². The number of rotatable bonds is 3. The van der Waals surface area contributed by atoms with Crippen molar-refractivity contribution in [3.8, 4) is 12.1 Å². The molecule has 1 rings (SSSR count). The highest BCUT2D eigenvalue weighted by Crippen LogP contribution is 2.24. The molecule has 0 saturated carbocycles. The average molecular weight is 259 g/mol. The van der Waals surface area contributed by atoms with Crippen LogP contribution in [0.5, 0.6) is 0 Å². The van der Waals surface area contributed by atoms with Crippen LogP contribution in [0.1, 0.15) is 26.7 Å². The zero-order valence-corrected chi connectivity index (χ0v) is 11.5. The van der Waals surface area contributed by atoms with Gasteiger partial charge in [-0.25, -0.2) is 4.79 Å². The number of allylic oxidation sites excluding steroid dienone is 2. The molecule has 5 nitrogen and oxygen atoms in total. The summed E-state index contributed by atoms with van der Waals surface area (Å²) in [7, 11) is 1.30. The van der Waals surface area contributed by atoms with Gasteiger partial charge in [-0.15, -0.1) is 0 Å². The molecule has 1 heterocycles. The number of nitrogens with zero attached hydrogens (tertiary/aromatic N) is 3. The average Bonchev–Trinajstić information content (AvgIpc) is 2.94. The second-order valence-electron chi connectivity index (χ2n) is 4.37. The topological polar surface area (TPSA) is 77.1 Å². The molecule has 0 amide bonds. The fraction of sp³-hybridized carbons (Fsp3) is 0.500. The first kappa shape index (κ1) is 14.8. The molecule has 0 unspecified atom stereocenters. The van der Waals surface area contributed by atoms with E-state index in [4.69, 9.17) is 15.3 Å². The third kappa shape index (κ3) is 3.14. The standard InChI is InChI=1S/C14H17N3O2/c1-10(12(8-15)9-16)13(14(18)19-3)11(2)17-6-4-5-7-17/h4-7H2,1-3H3/b13-11-. The Morgan fingerprint density at radius 2 is 1.68 bits per heavy atom. The maximum atomic E-state index is 11.9. The second kappa shape index (κ2) is 6.61. The van der Waals surface area contributed by atoms with Crippen LogP contribution in [0.4, 0.5) is 0 Å². The van der Waals surface area contributed by atoms with Crippen LogP contribution < -0.4 is 0 Å². The molecule has 0 aromatic rings. The molecule has 19 heavy (non-hydrogen) atoms. The van der Waals surface area contributed by atoms with Gasteiger partial charge < -0.3 is 9.64 Å². The highest BCUT2D eigenvalue weighted by molar-refractivity contribution is 5.94. The molecule has 100 valence electrons. The van der Waals surface area contributed by atoms with Gasteiger partial charge in [0, 0.05) is 18.8 Å². The number of esters is 1. The summed E-state index contributed by atoms with van der Waals surface area (Å²) in [5.74, 6) is -0.509. The fourth-order valence-corrected chi connectivity index (χ4v) is 2.20. The first-order valence-electron chi connectivity index (χ1n) is 6.12. The quantitative estimate of drug-likeness (QED) is 0.335. The highest BCUT2D eigenvalue weighted by atomic mass is 16.5. The highest BCUT2D eigenvalue weighted by Gasteiger charge is 2.23. The zero-order chi connectivity index (χ0) is 14.4. The summed E-state index contributed by atoms with van der Waals surface area (Å²) >= 11 is 0. The molecular formula is C14H17N3O2. The smallest absolute Gasteiger partial charge is 0.339 e. The number of hydrogen-bond acceptors (Lipinski definition) is 5. The summed E-state index contributed by atoms with van der Waals surface area (Å²) in [5.41, 5.74) is 1.41. The zero-order valence-electron chi connectivity index (χ0n) is 11.5. The number of carbonyl (C=O) groups excluding carboxylic acids is 1. The number of hydrogen-bond donors (Lipinski definition) is 0. The van der Waals surface area contributed by atoms with Gasteiger partial charge in [-0.2, -0.15) is 10.5 Å². The van der Waals surface area contributed by atoms with Crippen LogP contribution in [0, 0.1) is 22.7 Å². The summed E-state index contributed by atoms with van der Waals surface area (Å²) in [5, 5.41) is 17.9. The van der Waals surface area contributed by atoms with Crippen LogP contribution in [0.2, 0.25) is 0 Å². The molecule has 1 saturated heterocycles. The monoisotopic (exact) mass is 259 g/mol. The third-order valence-electron chi connectivity index (χ3n) is 3.31. The maximum Gasteiger partial charge on any atom is 0.339 e. The van der Waals surface area contributed by atoms with Crippen molar-refractivity contribution >= 4 is 5.97 Å². The van der Waals surface area contributed by atoms with Gasteiger partial charge in [0.25, 0.3) is 0 Å². The van der Waals surface area contributed by atoms with Crippen molar-refractivity contribution in [2.45, 2.75) is 26.7 Å². The van der Waals surface area contributed by atoms with Gasteiger partial charge in [-0.05, 0) is 32.3 Å². The largest absolute Gasteiger partial charge is 0.465 e. The predicted molar refractivity (Wildman–Crippen MR) is 69.4 cm³/mol. The molecule has 1 fully saturated rings. The van der Waals surface area contributed by atoms with Gasteiger partial charge in [-0.1, -0.05) is 0 Å². The van der Waals surface area contributed by atoms with Crippen molar-refractivity contribution in [3.05, 3.63) is 22.4 Å². The SMILES string of the molecule is COC(=O)/C(C(C)=C(C#N)C#N)=C(/C)N1CCCC1.